The number of imide groups is 1. The number of para-hydroxylation sites is 2. The summed E-state index contributed by atoms with van der Waals surface area (Å²) in [6.07, 6.45) is 0.0465. The van der Waals surface area contributed by atoms with Crippen LogP contribution in [0.4, 0.5) is 11.4 Å². The molecule has 2 aliphatic rings. The Kier molecular flexibility index (Phi) is 3.86. The van der Waals surface area contributed by atoms with Crippen molar-refractivity contribution >= 4 is 23.2 Å². The molecule has 0 aliphatic carbocycles. The van der Waals surface area contributed by atoms with Crippen molar-refractivity contribution in [2.45, 2.75) is 12.5 Å². The SMILES string of the molecule is O=C1C[C@H](N2CCOCC2)C(=O)N1c1ccccc1[N+](=O)[O-]. The van der Waals surface area contributed by atoms with Gasteiger partial charge in [0.05, 0.1) is 30.6 Å². The highest BCUT2D eigenvalue weighted by Gasteiger charge is 2.44. The van der Waals surface area contributed by atoms with Crippen LogP contribution in [-0.2, 0) is 14.3 Å². The summed E-state index contributed by atoms with van der Waals surface area (Å²) >= 11 is 0. The van der Waals surface area contributed by atoms with Crippen molar-refractivity contribution < 1.29 is 19.2 Å². The van der Waals surface area contributed by atoms with Crippen LogP contribution in [0.3, 0.4) is 0 Å². The third-order valence-corrected chi connectivity index (χ3v) is 3.93. The molecule has 2 fully saturated rings. The molecule has 0 bridgehead atoms. The van der Waals surface area contributed by atoms with E-state index in [9.17, 15) is 19.7 Å². The van der Waals surface area contributed by atoms with Gasteiger partial charge >= 0.3 is 0 Å². The molecule has 1 atom stereocenters. The van der Waals surface area contributed by atoms with Crippen LogP contribution < -0.4 is 4.90 Å². The maximum Gasteiger partial charge on any atom is 0.293 e. The molecule has 0 aromatic heterocycles. The molecular weight excluding hydrogens is 290 g/mol. The zero-order valence-corrected chi connectivity index (χ0v) is 11.8. The second kappa shape index (κ2) is 5.82. The largest absolute Gasteiger partial charge is 0.379 e. The van der Waals surface area contributed by atoms with Gasteiger partial charge in [-0.3, -0.25) is 24.6 Å². The molecule has 0 unspecified atom stereocenters. The molecule has 22 heavy (non-hydrogen) atoms. The van der Waals surface area contributed by atoms with Gasteiger partial charge in [-0.25, -0.2) is 4.90 Å². The molecule has 8 nitrogen and oxygen atoms in total. The number of nitro benzene ring substituents is 1. The first kappa shape index (κ1) is 14.6. The molecule has 0 spiro atoms. The summed E-state index contributed by atoms with van der Waals surface area (Å²) in [5.41, 5.74) is -0.204. The monoisotopic (exact) mass is 305 g/mol. The van der Waals surface area contributed by atoms with Crippen molar-refractivity contribution in [1.29, 1.82) is 0 Å². The summed E-state index contributed by atoms with van der Waals surface area (Å²) in [6.45, 7) is 2.19. The van der Waals surface area contributed by atoms with Crippen molar-refractivity contribution in [3.63, 3.8) is 0 Å². The van der Waals surface area contributed by atoms with Gasteiger partial charge < -0.3 is 4.74 Å². The Morgan fingerprint density at radius 2 is 1.86 bits per heavy atom. The Labute approximate surface area is 126 Å². The number of benzene rings is 1. The Morgan fingerprint density at radius 3 is 2.55 bits per heavy atom. The minimum Gasteiger partial charge on any atom is -0.379 e. The van der Waals surface area contributed by atoms with Gasteiger partial charge in [-0.05, 0) is 6.07 Å². The summed E-state index contributed by atoms with van der Waals surface area (Å²) in [5, 5.41) is 11.1. The smallest absolute Gasteiger partial charge is 0.293 e. The first-order valence-electron chi connectivity index (χ1n) is 7.01. The third kappa shape index (κ3) is 2.46. The summed E-state index contributed by atoms with van der Waals surface area (Å²) in [7, 11) is 0. The zero-order chi connectivity index (χ0) is 15.7. The second-order valence-corrected chi connectivity index (χ2v) is 5.18. The zero-order valence-electron chi connectivity index (χ0n) is 11.8. The van der Waals surface area contributed by atoms with E-state index in [1.54, 1.807) is 6.07 Å². The lowest BCUT2D eigenvalue weighted by molar-refractivity contribution is -0.384. The van der Waals surface area contributed by atoms with Gasteiger partial charge in [0, 0.05) is 19.2 Å². The molecule has 0 radical (unpaired) electrons. The first-order chi connectivity index (χ1) is 10.6. The van der Waals surface area contributed by atoms with Gasteiger partial charge in [-0.1, -0.05) is 12.1 Å². The molecule has 8 heteroatoms. The summed E-state index contributed by atoms with van der Waals surface area (Å²) in [6, 6.07) is 5.24. The van der Waals surface area contributed by atoms with Gasteiger partial charge in [0.25, 0.3) is 11.6 Å². The summed E-state index contributed by atoms with van der Waals surface area (Å²) < 4.78 is 5.24. The van der Waals surface area contributed by atoms with Crippen LogP contribution in [0.5, 0.6) is 0 Å². The van der Waals surface area contributed by atoms with E-state index in [0.29, 0.717) is 26.3 Å². The fourth-order valence-electron chi connectivity index (χ4n) is 2.85. The van der Waals surface area contributed by atoms with Crippen LogP contribution in [0.15, 0.2) is 24.3 Å². The van der Waals surface area contributed by atoms with Gasteiger partial charge in [0.15, 0.2) is 0 Å². The Morgan fingerprint density at radius 1 is 1.18 bits per heavy atom. The molecule has 2 heterocycles. The van der Waals surface area contributed by atoms with Crippen LogP contribution >= 0.6 is 0 Å². The number of carbonyl (C=O) groups is 2. The lowest BCUT2D eigenvalue weighted by Gasteiger charge is -2.30. The minimum atomic E-state index is -0.585. The van der Waals surface area contributed by atoms with E-state index in [4.69, 9.17) is 4.74 Å². The van der Waals surface area contributed by atoms with E-state index in [0.717, 1.165) is 4.90 Å². The summed E-state index contributed by atoms with van der Waals surface area (Å²) in [5.74, 6) is -0.808. The molecule has 0 saturated carbocycles. The molecule has 2 aliphatic heterocycles. The molecule has 1 aromatic carbocycles. The van der Waals surface area contributed by atoms with Crippen LogP contribution in [0.1, 0.15) is 6.42 Å². The number of anilines is 1. The Hall–Kier alpha value is -2.32. The van der Waals surface area contributed by atoms with Gasteiger partial charge in [0.2, 0.25) is 5.91 Å². The molecular formula is C14H15N3O5. The quantitative estimate of drug-likeness (QED) is 0.460. The highest BCUT2D eigenvalue weighted by atomic mass is 16.6. The van der Waals surface area contributed by atoms with E-state index < -0.39 is 22.8 Å². The van der Waals surface area contributed by atoms with E-state index in [1.807, 2.05) is 4.90 Å². The van der Waals surface area contributed by atoms with Crippen molar-refractivity contribution in [2.24, 2.45) is 0 Å². The van der Waals surface area contributed by atoms with E-state index in [-0.39, 0.29) is 17.8 Å². The molecule has 0 N–H and O–H groups in total. The summed E-state index contributed by atoms with van der Waals surface area (Å²) in [4.78, 5) is 38.2. The van der Waals surface area contributed by atoms with E-state index in [1.165, 1.54) is 18.2 Å². The number of ether oxygens (including phenoxy) is 1. The average Bonchev–Trinajstić information content (AvgIpc) is 2.83. The molecule has 3 rings (SSSR count). The fourth-order valence-corrected chi connectivity index (χ4v) is 2.85. The number of nitrogens with zero attached hydrogens (tertiary/aromatic N) is 3. The normalized spacial score (nSPS) is 23.1. The number of morpholine rings is 1. The number of hydrogen-bond acceptors (Lipinski definition) is 6. The lowest BCUT2D eigenvalue weighted by Crippen LogP contribution is -2.47. The van der Waals surface area contributed by atoms with Crippen LogP contribution in [0.2, 0.25) is 0 Å². The first-order valence-corrected chi connectivity index (χ1v) is 7.01. The van der Waals surface area contributed by atoms with Crippen LogP contribution in [0.25, 0.3) is 0 Å². The number of nitro groups is 1. The standard InChI is InChI=1S/C14H15N3O5/c18-13-9-12(15-5-7-22-8-6-15)14(19)16(13)10-3-1-2-4-11(10)17(20)21/h1-4,12H,5-9H2/t12-/m0/s1. The van der Waals surface area contributed by atoms with Gasteiger partial charge in [-0.15, -0.1) is 0 Å². The van der Waals surface area contributed by atoms with Crippen molar-refractivity contribution in [3.8, 4) is 0 Å². The number of carbonyl (C=O) groups excluding carboxylic acids is 2. The van der Waals surface area contributed by atoms with Crippen molar-refractivity contribution in [3.05, 3.63) is 34.4 Å². The maximum absolute atomic E-state index is 12.6. The number of amides is 2. The minimum absolute atomic E-state index is 0.0401. The molecule has 116 valence electrons. The number of rotatable bonds is 3. The van der Waals surface area contributed by atoms with E-state index >= 15 is 0 Å². The van der Waals surface area contributed by atoms with E-state index in [2.05, 4.69) is 0 Å². The predicted octanol–water partition coefficient (Wildman–Crippen LogP) is 0.559. The highest BCUT2D eigenvalue weighted by molar-refractivity contribution is 6.23. The second-order valence-electron chi connectivity index (χ2n) is 5.18. The van der Waals surface area contributed by atoms with Crippen LogP contribution in [-0.4, -0.2) is 54.0 Å². The van der Waals surface area contributed by atoms with Gasteiger partial charge in [-0.2, -0.15) is 0 Å². The number of hydrogen-bond donors (Lipinski definition) is 0. The molecule has 1 aromatic rings. The predicted molar refractivity (Wildman–Crippen MR) is 76.4 cm³/mol. The third-order valence-electron chi connectivity index (χ3n) is 3.93. The molecule has 2 saturated heterocycles. The lowest BCUT2D eigenvalue weighted by atomic mass is 10.2. The topological polar surface area (TPSA) is 93.0 Å². The molecule has 2 amide bonds. The van der Waals surface area contributed by atoms with Crippen molar-refractivity contribution in [1.82, 2.24) is 4.90 Å². The average molecular weight is 305 g/mol. The highest BCUT2D eigenvalue weighted by Crippen LogP contribution is 2.33. The fraction of sp³-hybridized carbons (Fsp3) is 0.429. The maximum atomic E-state index is 12.6. The van der Waals surface area contributed by atoms with Crippen molar-refractivity contribution in [2.75, 3.05) is 31.2 Å². The Bertz CT molecular complexity index is 627. The van der Waals surface area contributed by atoms with Gasteiger partial charge in [0.1, 0.15) is 5.69 Å². The van der Waals surface area contributed by atoms with Crippen LogP contribution in [0, 0.1) is 10.1 Å². The Balaban J connectivity index is 1.90.